The van der Waals surface area contributed by atoms with E-state index in [-0.39, 0.29) is 6.04 Å². The lowest BCUT2D eigenvalue weighted by molar-refractivity contribution is -0.137. The van der Waals surface area contributed by atoms with E-state index in [1.165, 1.54) is 6.07 Å². The zero-order valence-corrected chi connectivity index (χ0v) is 19.5. The van der Waals surface area contributed by atoms with E-state index in [2.05, 4.69) is 14.9 Å². The van der Waals surface area contributed by atoms with Crippen LogP contribution < -0.4 is 10.0 Å². The van der Waals surface area contributed by atoms with Gasteiger partial charge in [0, 0.05) is 30.9 Å². The molecule has 194 valence electrons. The van der Waals surface area contributed by atoms with E-state index in [0.717, 1.165) is 63.9 Å². The van der Waals surface area contributed by atoms with Crippen molar-refractivity contribution in [3.05, 3.63) is 29.8 Å². The Morgan fingerprint density at radius 1 is 0.971 bits per heavy atom. The molecule has 2 N–H and O–H groups in total. The van der Waals surface area contributed by atoms with E-state index in [0.29, 0.717) is 24.4 Å². The fraction of sp³-hybridized carbons (Fsp3) is 0.727. The van der Waals surface area contributed by atoms with E-state index >= 15 is 0 Å². The normalized spacial score (nSPS) is 24.3. The van der Waals surface area contributed by atoms with Gasteiger partial charge in [0.25, 0.3) is 11.9 Å². The molecule has 0 radical (unpaired) electrons. The smallest absolute Gasteiger partial charge is 0.382 e. The summed E-state index contributed by atoms with van der Waals surface area (Å²) in [5, 5.41) is 3.20. The molecule has 0 amide bonds. The standard InChI is InChI=1S/C22H31F6N3O2S/c23-20(24)21(25)34(32,33)30-18-6-4-15(5-7-18)8-11-31-12-9-17(10-13-31)29-19-3-1-2-16(14-19)22(26,27)28/h1-3,14-15,17-18,20-21,29-30H,4-13H2. The Kier molecular flexibility index (Phi) is 9.13. The summed E-state index contributed by atoms with van der Waals surface area (Å²) in [6.07, 6.45) is -2.92. The predicted molar refractivity (Wildman–Crippen MR) is 118 cm³/mol. The second-order valence-electron chi connectivity index (χ2n) is 9.19. The molecule has 1 saturated carbocycles. The number of nitrogens with zero attached hydrogens (tertiary/aromatic N) is 1. The maximum atomic E-state index is 13.2. The van der Waals surface area contributed by atoms with Gasteiger partial charge < -0.3 is 10.2 Å². The average molecular weight is 516 g/mol. The Morgan fingerprint density at radius 3 is 2.21 bits per heavy atom. The Balaban J connectivity index is 1.35. The molecule has 3 rings (SSSR count). The second-order valence-corrected chi connectivity index (χ2v) is 11.0. The van der Waals surface area contributed by atoms with Crippen molar-refractivity contribution < 1.29 is 34.8 Å². The van der Waals surface area contributed by atoms with Gasteiger partial charge in [0.05, 0.1) is 5.56 Å². The molecule has 1 aliphatic carbocycles. The Hall–Kier alpha value is -1.53. The summed E-state index contributed by atoms with van der Waals surface area (Å²) in [4.78, 5) is 2.31. The second kappa shape index (κ2) is 11.5. The third kappa shape index (κ3) is 7.74. The van der Waals surface area contributed by atoms with Crippen LogP contribution in [0.1, 0.15) is 50.5 Å². The van der Waals surface area contributed by atoms with Gasteiger partial charge in [-0.1, -0.05) is 6.07 Å². The molecule has 0 aromatic heterocycles. The van der Waals surface area contributed by atoms with Crippen LogP contribution in [0.4, 0.5) is 32.0 Å². The van der Waals surface area contributed by atoms with Gasteiger partial charge in [-0.2, -0.15) is 13.2 Å². The van der Waals surface area contributed by atoms with E-state index < -0.39 is 39.7 Å². The van der Waals surface area contributed by atoms with Gasteiger partial charge in [-0.15, -0.1) is 0 Å². The minimum absolute atomic E-state index is 0.107. The van der Waals surface area contributed by atoms with Crippen molar-refractivity contribution in [2.24, 2.45) is 5.92 Å². The number of piperidine rings is 1. The highest BCUT2D eigenvalue weighted by atomic mass is 32.2. The number of rotatable bonds is 9. The highest BCUT2D eigenvalue weighted by molar-refractivity contribution is 7.90. The maximum absolute atomic E-state index is 13.2. The van der Waals surface area contributed by atoms with Crippen LogP contribution in [0.3, 0.4) is 0 Å². The minimum atomic E-state index is -4.68. The molecule has 1 aromatic carbocycles. The van der Waals surface area contributed by atoms with E-state index in [1.807, 2.05) is 0 Å². The van der Waals surface area contributed by atoms with Gasteiger partial charge in [-0.25, -0.2) is 26.3 Å². The Morgan fingerprint density at radius 2 is 1.62 bits per heavy atom. The maximum Gasteiger partial charge on any atom is 0.416 e. The summed E-state index contributed by atoms with van der Waals surface area (Å²) < 4.78 is 102. The zero-order valence-electron chi connectivity index (χ0n) is 18.7. The first-order valence-electron chi connectivity index (χ1n) is 11.5. The Bertz CT molecular complexity index is 883. The van der Waals surface area contributed by atoms with Crippen LogP contribution in [0.5, 0.6) is 0 Å². The number of halogens is 6. The zero-order chi connectivity index (χ0) is 24.9. The highest BCUT2D eigenvalue weighted by Crippen LogP contribution is 2.32. The molecule has 1 atom stereocenters. The van der Waals surface area contributed by atoms with Crippen LogP contribution in [0.15, 0.2) is 24.3 Å². The minimum Gasteiger partial charge on any atom is -0.382 e. The van der Waals surface area contributed by atoms with Crippen LogP contribution in [0.2, 0.25) is 0 Å². The van der Waals surface area contributed by atoms with Gasteiger partial charge in [-0.3, -0.25) is 0 Å². The molecule has 34 heavy (non-hydrogen) atoms. The van der Waals surface area contributed by atoms with Crippen molar-refractivity contribution in [1.82, 2.24) is 9.62 Å². The number of hydrogen-bond acceptors (Lipinski definition) is 4. The quantitative estimate of drug-likeness (QED) is 0.454. The predicted octanol–water partition coefficient (Wildman–Crippen LogP) is 5.01. The first-order valence-corrected chi connectivity index (χ1v) is 13.1. The highest BCUT2D eigenvalue weighted by Gasteiger charge is 2.36. The molecule has 1 unspecified atom stereocenters. The molecule has 2 fully saturated rings. The number of likely N-dealkylation sites (tertiary alicyclic amines) is 1. The number of anilines is 1. The lowest BCUT2D eigenvalue weighted by Gasteiger charge is -2.35. The average Bonchev–Trinajstić information content (AvgIpc) is 2.78. The van der Waals surface area contributed by atoms with E-state index in [4.69, 9.17) is 0 Å². The van der Waals surface area contributed by atoms with Gasteiger partial charge in [0.1, 0.15) is 0 Å². The molecule has 1 saturated heterocycles. The molecule has 1 heterocycles. The summed E-state index contributed by atoms with van der Waals surface area (Å²) in [7, 11) is -4.68. The summed E-state index contributed by atoms with van der Waals surface area (Å²) in [6, 6.07) is 4.81. The third-order valence-electron chi connectivity index (χ3n) is 6.67. The number of nitrogens with one attached hydrogen (secondary N) is 2. The van der Waals surface area contributed by atoms with Gasteiger partial charge in [0.15, 0.2) is 0 Å². The molecule has 0 spiro atoms. The van der Waals surface area contributed by atoms with Crippen LogP contribution in [-0.2, 0) is 16.2 Å². The van der Waals surface area contributed by atoms with Crippen molar-refractivity contribution in [2.45, 2.75) is 75.1 Å². The summed E-state index contributed by atoms with van der Waals surface area (Å²) in [5.74, 6) is 0.387. The fourth-order valence-electron chi connectivity index (χ4n) is 4.69. The molecule has 0 bridgehead atoms. The molecular weight excluding hydrogens is 484 g/mol. The van der Waals surface area contributed by atoms with Crippen molar-refractivity contribution in [3.8, 4) is 0 Å². The molecule has 1 aromatic rings. The first-order chi connectivity index (χ1) is 15.9. The number of hydrogen-bond donors (Lipinski definition) is 2. The van der Waals surface area contributed by atoms with Crippen molar-refractivity contribution in [2.75, 3.05) is 25.0 Å². The largest absolute Gasteiger partial charge is 0.416 e. The van der Waals surface area contributed by atoms with Crippen molar-refractivity contribution in [3.63, 3.8) is 0 Å². The summed E-state index contributed by atoms with van der Waals surface area (Å²) in [6.45, 7) is 2.53. The van der Waals surface area contributed by atoms with Gasteiger partial charge in [0.2, 0.25) is 10.0 Å². The molecule has 12 heteroatoms. The first kappa shape index (κ1) is 27.1. The Labute approximate surface area is 196 Å². The van der Waals surface area contributed by atoms with Crippen LogP contribution >= 0.6 is 0 Å². The van der Waals surface area contributed by atoms with Crippen molar-refractivity contribution in [1.29, 1.82) is 0 Å². The molecule has 1 aliphatic heterocycles. The van der Waals surface area contributed by atoms with Gasteiger partial charge in [-0.05, 0) is 75.6 Å². The SMILES string of the molecule is O=S(=O)(NC1CCC(CCN2CCC(Nc3cccc(C(F)(F)F)c3)CC2)CC1)C(F)C(F)F. The monoisotopic (exact) mass is 515 g/mol. The fourth-order valence-corrected chi connectivity index (χ4v) is 5.79. The number of alkyl halides is 6. The molecular formula is C22H31F6N3O2S. The van der Waals surface area contributed by atoms with Crippen LogP contribution in [0.25, 0.3) is 0 Å². The van der Waals surface area contributed by atoms with Crippen LogP contribution in [-0.4, -0.2) is 57.0 Å². The van der Waals surface area contributed by atoms with Gasteiger partial charge >= 0.3 is 6.18 Å². The molecule has 2 aliphatic rings. The third-order valence-corrected chi connectivity index (χ3v) is 8.13. The van der Waals surface area contributed by atoms with Crippen LogP contribution in [0, 0.1) is 5.92 Å². The molecule has 5 nitrogen and oxygen atoms in total. The lowest BCUT2D eigenvalue weighted by atomic mass is 9.84. The summed E-state index contributed by atoms with van der Waals surface area (Å²) in [5.41, 5.74) is -3.42. The van der Waals surface area contributed by atoms with Crippen molar-refractivity contribution >= 4 is 15.7 Å². The lowest BCUT2D eigenvalue weighted by Crippen LogP contribution is -2.44. The number of benzene rings is 1. The number of sulfonamides is 1. The topological polar surface area (TPSA) is 61.4 Å². The van der Waals surface area contributed by atoms with E-state index in [9.17, 15) is 34.8 Å². The summed E-state index contributed by atoms with van der Waals surface area (Å²) >= 11 is 0. The van der Waals surface area contributed by atoms with E-state index in [1.54, 1.807) is 6.07 Å².